The normalized spacial score (nSPS) is 33.2. The molecule has 9 heteroatoms. The van der Waals surface area contributed by atoms with Crippen LogP contribution in [-0.2, 0) is 9.59 Å². The van der Waals surface area contributed by atoms with Gasteiger partial charge in [0, 0.05) is 26.6 Å². The minimum atomic E-state index is -0.374. The van der Waals surface area contributed by atoms with E-state index in [2.05, 4.69) is 4.98 Å². The summed E-state index contributed by atoms with van der Waals surface area (Å²) in [5.74, 6) is -0.870. The number of carbonyl (C=O) groups excluding carboxylic acids is 2. The molecule has 7 atom stereocenters. The third-order valence-corrected chi connectivity index (χ3v) is 10.9. The molecular weight excluding hydrogens is 492 g/mol. The number of H-pyrrole nitrogens is 1. The van der Waals surface area contributed by atoms with Crippen molar-refractivity contribution >= 4 is 52.2 Å². The first kappa shape index (κ1) is 20.8. The van der Waals surface area contributed by atoms with Crippen LogP contribution in [-0.4, -0.2) is 27.2 Å². The molecule has 7 rings (SSSR count). The quantitative estimate of drug-likeness (QED) is 0.496. The number of nitrogens with zero attached hydrogens (tertiary/aromatic N) is 1. The Morgan fingerprint density at radius 1 is 0.971 bits per heavy atom. The van der Waals surface area contributed by atoms with E-state index in [4.69, 9.17) is 11.6 Å². The van der Waals surface area contributed by atoms with Gasteiger partial charge in [0.1, 0.15) is 5.75 Å². The van der Waals surface area contributed by atoms with Gasteiger partial charge in [0.15, 0.2) is 0 Å². The first-order valence-corrected chi connectivity index (χ1v) is 13.3. The molecule has 2 aliphatic heterocycles. The number of hydrogen-bond donors (Lipinski definition) is 2. The van der Waals surface area contributed by atoms with Crippen molar-refractivity contribution in [3.63, 3.8) is 0 Å². The molecule has 0 radical (unpaired) electrons. The number of para-hydroxylation sites is 1. The number of aromatic hydroxyl groups is 1. The molecule has 2 amide bonds. The van der Waals surface area contributed by atoms with Crippen LogP contribution in [0.3, 0.4) is 0 Å². The van der Waals surface area contributed by atoms with Crippen LogP contribution in [0.5, 0.6) is 5.75 Å². The highest BCUT2D eigenvalue weighted by molar-refractivity contribution is 8.00. The fourth-order valence-corrected chi connectivity index (χ4v) is 9.97. The average molecular weight is 511 g/mol. The molecule has 2 N–H and O–H groups in total. The van der Waals surface area contributed by atoms with E-state index in [1.54, 1.807) is 48.2 Å². The molecule has 3 fully saturated rings. The Bertz CT molecular complexity index is 1420. The van der Waals surface area contributed by atoms with Crippen LogP contribution in [0.2, 0.25) is 5.02 Å². The van der Waals surface area contributed by atoms with E-state index in [0.717, 1.165) is 21.9 Å². The predicted octanol–water partition coefficient (Wildman–Crippen LogP) is 4.47. The minimum Gasteiger partial charge on any atom is -0.508 e. The van der Waals surface area contributed by atoms with Crippen LogP contribution in [0, 0.1) is 29.6 Å². The highest BCUT2D eigenvalue weighted by atomic mass is 35.5. The maximum Gasteiger partial charge on any atom is 0.305 e. The summed E-state index contributed by atoms with van der Waals surface area (Å²) in [5, 5.41) is 12.2. The molecule has 2 aliphatic carbocycles. The third kappa shape index (κ3) is 2.67. The van der Waals surface area contributed by atoms with Crippen LogP contribution in [0.4, 0.5) is 5.69 Å². The summed E-state index contributed by atoms with van der Waals surface area (Å²) in [6, 6.07) is 14.1. The highest BCUT2D eigenvalue weighted by Gasteiger charge is 2.69. The number of amides is 2. The van der Waals surface area contributed by atoms with Gasteiger partial charge in [-0.1, -0.05) is 41.1 Å². The monoisotopic (exact) mass is 510 g/mol. The molecule has 3 heterocycles. The highest BCUT2D eigenvalue weighted by Crippen LogP contribution is 2.69. The summed E-state index contributed by atoms with van der Waals surface area (Å²) in [5.41, 5.74) is 1.34. The zero-order chi connectivity index (χ0) is 23.3. The molecule has 2 aromatic carbocycles. The van der Waals surface area contributed by atoms with Gasteiger partial charge in [-0.15, -0.1) is 11.8 Å². The van der Waals surface area contributed by atoms with Gasteiger partial charge in [0.05, 0.1) is 22.5 Å². The van der Waals surface area contributed by atoms with Crippen molar-refractivity contribution < 1.29 is 14.7 Å². The third-order valence-electron chi connectivity index (χ3n) is 8.08. The number of benzene rings is 2. The Morgan fingerprint density at radius 2 is 1.68 bits per heavy atom. The first-order valence-electron chi connectivity index (χ1n) is 11.2. The number of phenolic OH excluding ortho intramolecular Hbond substituents is 1. The van der Waals surface area contributed by atoms with Gasteiger partial charge >= 0.3 is 4.87 Å². The van der Waals surface area contributed by atoms with Gasteiger partial charge in [-0.2, -0.15) is 0 Å². The number of hydrogen-bond acceptors (Lipinski definition) is 6. The number of thioether (sulfide) groups is 1. The van der Waals surface area contributed by atoms with Crippen molar-refractivity contribution in [1.29, 1.82) is 0 Å². The summed E-state index contributed by atoms with van der Waals surface area (Å²) in [7, 11) is 0. The predicted molar refractivity (Wildman–Crippen MR) is 131 cm³/mol. The number of aromatic amines is 1. The number of rotatable bonds is 2. The molecule has 0 spiro atoms. The zero-order valence-corrected chi connectivity index (χ0v) is 20.1. The van der Waals surface area contributed by atoms with E-state index in [1.807, 2.05) is 12.1 Å². The second kappa shape index (κ2) is 7.23. The largest absolute Gasteiger partial charge is 0.508 e. The van der Waals surface area contributed by atoms with Gasteiger partial charge in [0.2, 0.25) is 11.8 Å². The standard InChI is InChI=1S/C25H19ClN2O4S2/c26-10-5-7-11(8-6-10)28-23(30)18-13-9-14(19(18)24(28)31)20-17(13)16(12-3-1-2-4-15(12)29)21-22(33-20)27-25(32)34-21/h1-8,13-14,16-20,29H,9H2,(H,27,32)/t13?,14?,16-,17?,18?,19?,20?/m1/s1. The number of anilines is 1. The van der Waals surface area contributed by atoms with Crippen LogP contribution >= 0.6 is 34.7 Å². The summed E-state index contributed by atoms with van der Waals surface area (Å²) in [4.78, 5) is 44.7. The lowest BCUT2D eigenvalue weighted by atomic mass is 9.68. The van der Waals surface area contributed by atoms with E-state index in [9.17, 15) is 19.5 Å². The van der Waals surface area contributed by atoms with Crippen LogP contribution in [0.25, 0.3) is 0 Å². The summed E-state index contributed by atoms with van der Waals surface area (Å²) in [6.07, 6.45) is 0.812. The zero-order valence-electron chi connectivity index (χ0n) is 17.7. The molecule has 3 aromatic rings. The van der Waals surface area contributed by atoms with Crippen molar-refractivity contribution in [3.8, 4) is 5.75 Å². The molecule has 34 heavy (non-hydrogen) atoms. The number of carbonyl (C=O) groups is 2. The van der Waals surface area contributed by atoms with E-state index in [1.165, 1.54) is 16.2 Å². The Hall–Kier alpha value is -2.55. The number of nitrogens with one attached hydrogen (secondary N) is 1. The molecular formula is C25H19ClN2O4S2. The lowest BCUT2D eigenvalue weighted by Gasteiger charge is -2.43. The van der Waals surface area contributed by atoms with E-state index >= 15 is 0 Å². The van der Waals surface area contributed by atoms with Crippen molar-refractivity contribution in [1.82, 2.24) is 4.98 Å². The van der Waals surface area contributed by atoms with Crippen LogP contribution in [0.15, 0.2) is 58.4 Å². The molecule has 2 bridgehead atoms. The Kier molecular flexibility index (Phi) is 4.42. The van der Waals surface area contributed by atoms with Crippen molar-refractivity contribution in [2.24, 2.45) is 29.6 Å². The van der Waals surface area contributed by atoms with Crippen molar-refractivity contribution in [2.75, 3.05) is 4.90 Å². The molecule has 1 saturated heterocycles. The summed E-state index contributed by atoms with van der Waals surface area (Å²) in [6.45, 7) is 0. The van der Waals surface area contributed by atoms with E-state index in [-0.39, 0.29) is 63.2 Å². The molecule has 6 unspecified atom stereocenters. The van der Waals surface area contributed by atoms with E-state index < -0.39 is 0 Å². The van der Waals surface area contributed by atoms with Crippen LogP contribution < -0.4 is 9.77 Å². The maximum absolute atomic E-state index is 13.7. The smallest absolute Gasteiger partial charge is 0.305 e. The Labute approximate surface area is 207 Å². The topological polar surface area (TPSA) is 90.5 Å². The number of imide groups is 1. The Balaban J connectivity index is 1.34. The van der Waals surface area contributed by atoms with Crippen molar-refractivity contribution in [2.45, 2.75) is 22.6 Å². The fourth-order valence-electron chi connectivity index (χ4n) is 6.96. The maximum atomic E-state index is 13.7. The van der Waals surface area contributed by atoms with Gasteiger partial charge in [-0.05, 0) is 54.5 Å². The molecule has 172 valence electrons. The molecule has 1 aromatic heterocycles. The van der Waals surface area contributed by atoms with Gasteiger partial charge in [-0.3, -0.25) is 19.3 Å². The number of thiazole rings is 1. The SMILES string of the molecule is O=C1C2C3CC(C2C(=O)N1c1ccc(Cl)cc1)C1C3Sc2[nH]c(=O)sc2[C@@H]1c1ccccc1O. The van der Waals surface area contributed by atoms with E-state index in [0.29, 0.717) is 10.7 Å². The van der Waals surface area contributed by atoms with Crippen molar-refractivity contribution in [3.05, 3.63) is 73.7 Å². The number of phenols is 1. The number of aromatic nitrogens is 1. The number of halogens is 1. The lowest BCUT2D eigenvalue weighted by Crippen LogP contribution is -2.42. The minimum absolute atomic E-state index is 0.0104. The Morgan fingerprint density at radius 3 is 2.41 bits per heavy atom. The average Bonchev–Trinajstić information content (AvgIpc) is 3.54. The summed E-state index contributed by atoms with van der Waals surface area (Å²) < 4.78 is 0. The van der Waals surface area contributed by atoms with Gasteiger partial charge in [0.25, 0.3) is 0 Å². The summed E-state index contributed by atoms with van der Waals surface area (Å²) >= 11 is 8.85. The molecule has 2 saturated carbocycles. The van der Waals surface area contributed by atoms with Gasteiger partial charge < -0.3 is 10.1 Å². The second-order valence-corrected chi connectivity index (χ2v) is 12.1. The molecule has 6 nitrogen and oxygen atoms in total. The fraction of sp³-hybridized carbons (Fsp3) is 0.320. The molecule has 4 aliphatic rings. The van der Waals surface area contributed by atoms with Crippen LogP contribution in [0.1, 0.15) is 22.8 Å². The first-order chi connectivity index (χ1) is 16.4. The lowest BCUT2D eigenvalue weighted by molar-refractivity contribution is -0.123. The van der Waals surface area contributed by atoms with Gasteiger partial charge in [-0.25, -0.2) is 0 Å². The second-order valence-electron chi connectivity index (χ2n) is 9.51. The number of fused-ring (bicyclic) bond motifs is 9.